The molecular weight excluding hydrogens is 696 g/mol. The summed E-state index contributed by atoms with van der Waals surface area (Å²) >= 11 is 0. The van der Waals surface area contributed by atoms with E-state index in [0.29, 0.717) is 48.6 Å². The van der Waals surface area contributed by atoms with Crippen molar-refractivity contribution in [1.29, 1.82) is 0 Å². The normalized spacial score (nSPS) is 17.4. The highest BCUT2D eigenvalue weighted by Gasteiger charge is 2.48. The zero-order valence-corrected chi connectivity index (χ0v) is 29.6. The van der Waals surface area contributed by atoms with E-state index in [4.69, 9.17) is 9.47 Å². The van der Waals surface area contributed by atoms with Gasteiger partial charge in [0.1, 0.15) is 18.0 Å². The average Bonchev–Trinajstić information content (AvgIpc) is 3.46. The van der Waals surface area contributed by atoms with Crippen LogP contribution in [-0.2, 0) is 9.53 Å². The largest absolute Gasteiger partial charge is 0.495 e. The lowest BCUT2D eigenvalue weighted by Crippen LogP contribution is -2.46. The van der Waals surface area contributed by atoms with Crippen LogP contribution in [0.5, 0.6) is 5.75 Å². The van der Waals surface area contributed by atoms with Crippen molar-refractivity contribution in [3.8, 4) is 16.9 Å². The minimum atomic E-state index is -3.65. The number of benzene rings is 3. The smallest absolute Gasteiger partial charge is 0.407 e. The first kappa shape index (κ1) is 34.8. The number of hydrogen-bond acceptors (Lipinski definition) is 9. The molecule has 1 aromatic heterocycles. The first-order chi connectivity index (χ1) is 26.1. The van der Waals surface area contributed by atoms with Crippen LogP contribution in [0.1, 0.15) is 40.2 Å². The Labute approximate surface area is 310 Å². The zero-order chi connectivity index (χ0) is 37.6. The lowest BCUT2D eigenvalue weighted by atomic mass is 9.98. The SMILES string of the molecule is COc1cc(C(=O)N2CCC(NC(=O)OCC3c4ccccc4-c4ccccc43)CC2)ccc1Nc1ncc2c(n1)N(C1=CC=C1)CC(F)(F)C(=O)N2C. The van der Waals surface area contributed by atoms with Gasteiger partial charge in [-0.05, 0) is 65.4 Å². The summed E-state index contributed by atoms with van der Waals surface area (Å²) < 4.78 is 41.0. The molecule has 14 heteroatoms. The molecule has 0 unspecified atom stereocenters. The highest BCUT2D eigenvalue weighted by Crippen LogP contribution is 2.45. The summed E-state index contributed by atoms with van der Waals surface area (Å²) in [7, 11) is 2.73. The van der Waals surface area contributed by atoms with Gasteiger partial charge in [0.05, 0.1) is 25.5 Å². The van der Waals surface area contributed by atoms with Gasteiger partial charge in [-0.3, -0.25) is 9.59 Å². The molecule has 12 nitrogen and oxygen atoms in total. The summed E-state index contributed by atoms with van der Waals surface area (Å²) in [4.78, 5) is 51.6. The van der Waals surface area contributed by atoms with Crippen LogP contribution in [0, 0.1) is 0 Å². The number of halogens is 2. The van der Waals surface area contributed by atoms with Gasteiger partial charge in [0.2, 0.25) is 5.95 Å². The predicted molar refractivity (Wildman–Crippen MR) is 198 cm³/mol. The summed E-state index contributed by atoms with van der Waals surface area (Å²) in [6.07, 6.45) is 7.01. The van der Waals surface area contributed by atoms with E-state index in [2.05, 4.69) is 44.9 Å². The van der Waals surface area contributed by atoms with Crippen LogP contribution in [0.15, 0.2) is 96.9 Å². The molecule has 1 saturated heterocycles. The number of nitrogens with zero attached hydrogens (tertiary/aromatic N) is 5. The Balaban J connectivity index is 0.883. The molecule has 2 aliphatic heterocycles. The molecule has 2 aliphatic carbocycles. The summed E-state index contributed by atoms with van der Waals surface area (Å²) in [5, 5.41) is 6.04. The minimum Gasteiger partial charge on any atom is -0.495 e. The number of carbonyl (C=O) groups is 3. The van der Waals surface area contributed by atoms with Crippen molar-refractivity contribution in [2.24, 2.45) is 0 Å². The molecule has 0 spiro atoms. The highest BCUT2D eigenvalue weighted by molar-refractivity contribution is 6.02. The lowest BCUT2D eigenvalue weighted by Gasteiger charge is -2.32. The van der Waals surface area contributed by atoms with Gasteiger partial charge in [0, 0.05) is 43.4 Å². The molecule has 0 bridgehead atoms. The zero-order valence-electron chi connectivity index (χ0n) is 29.6. The molecule has 0 atom stereocenters. The van der Waals surface area contributed by atoms with E-state index < -0.39 is 24.5 Å². The number of ether oxygens (including phenoxy) is 2. The molecule has 4 aromatic rings. The van der Waals surface area contributed by atoms with Gasteiger partial charge in [0.15, 0.2) is 5.82 Å². The van der Waals surface area contributed by atoms with Crippen LogP contribution in [0.3, 0.4) is 0 Å². The van der Waals surface area contributed by atoms with Crippen LogP contribution >= 0.6 is 0 Å². The number of likely N-dealkylation sites (tertiary alicyclic amines) is 1. The molecular formula is C40H37F2N7O5. The Bertz CT molecular complexity index is 2170. The molecule has 3 heterocycles. The third-order valence-electron chi connectivity index (χ3n) is 10.3. The van der Waals surface area contributed by atoms with Crippen molar-refractivity contribution in [1.82, 2.24) is 20.2 Å². The predicted octanol–water partition coefficient (Wildman–Crippen LogP) is 6.24. The van der Waals surface area contributed by atoms with Crippen LogP contribution in [0.2, 0.25) is 0 Å². The number of aromatic nitrogens is 2. The molecule has 3 aromatic carbocycles. The second-order valence-corrected chi connectivity index (χ2v) is 13.6. The van der Waals surface area contributed by atoms with E-state index in [1.54, 1.807) is 41.3 Å². The number of allylic oxidation sites excluding steroid dienone is 3. The van der Waals surface area contributed by atoms with Crippen molar-refractivity contribution in [2.75, 3.05) is 55.5 Å². The summed E-state index contributed by atoms with van der Waals surface area (Å²) in [5.74, 6) is -4.65. The number of anilines is 4. The third-order valence-corrected chi connectivity index (χ3v) is 10.3. The Morgan fingerprint density at radius 3 is 2.33 bits per heavy atom. The summed E-state index contributed by atoms with van der Waals surface area (Å²) in [6, 6.07) is 21.2. The maximum atomic E-state index is 14.8. The van der Waals surface area contributed by atoms with Gasteiger partial charge < -0.3 is 34.8 Å². The van der Waals surface area contributed by atoms with Crippen molar-refractivity contribution in [3.63, 3.8) is 0 Å². The molecule has 4 aliphatic rings. The molecule has 3 amide bonds. The van der Waals surface area contributed by atoms with Crippen LogP contribution in [0.4, 0.5) is 36.7 Å². The molecule has 0 saturated carbocycles. The fourth-order valence-corrected chi connectivity index (χ4v) is 7.40. The Morgan fingerprint density at radius 1 is 1.00 bits per heavy atom. The van der Waals surface area contributed by atoms with Crippen molar-refractivity contribution >= 4 is 41.0 Å². The number of hydrogen-bond donors (Lipinski definition) is 2. The number of amides is 3. The van der Waals surface area contributed by atoms with Gasteiger partial charge in [-0.25, -0.2) is 9.78 Å². The van der Waals surface area contributed by atoms with Crippen molar-refractivity contribution < 1.29 is 32.6 Å². The second kappa shape index (κ2) is 13.9. The number of alkyl carbamates (subject to hydrolysis) is 1. The van der Waals surface area contributed by atoms with E-state index in [0.717, 1.165) is 27.2 Å². The van der Waals surface area contributed by atoms with E-state index >= 15 is 0 Å². The number of carbonyl (C=O) groups excluding carboxylic acids is 3. The number of piperidine rings is 1. The molecule has 8 rings (SSSR count). The second-order valence-electron chi connectivity index (χ2n) is 13.6. The molecule has 54 heavy (non-hydrogen) atoms. The van der Waals surface area contributed by atoms with Crippen molar-refractivity contribution in [3.05, 3.63) is 114 Å². The van der Waals surface area contributed by atoms with E-state index in [1.165, 1.54) is 25.3 Å². The first-order valence-corrected chi connectivity index (χ1v) is 17.7. The number of fused-ring (bicyclic) bond motifs is 4. The molecule has 2 N–H and O–H groups in total. The first-order valence-electron chi connectivity index (χ1n) is 17.7. The lowest BCUT2D eigenvalue weighted by molar-refractivity contribution is -0.140. The van der Waals surface area contributed by atoms with E-state index in [9.17, 15) is 23.2 Å². The van der Waals surface area contributed by atoms with E-state index in [-0.39, 0.29) is 41.9 Å². The minimum absolute atomic E-state index is 0.0287. The molecule has 0 radical (unpaired) electrons. The topological polar surface area (TPSA) is 129 Å². The third kappa shape index (κ3) is 6.37. The van der Waals surface area contributed by atoms with Crippen LogP contribution in [-0.4, -0.2) is 85.1 Å². The standard InChI is InChI=1S/C40H37F2N7O5/c1-47-33-21-43-38(46-35(33)49(26-8-7-9-26)23-40(41,42)37(47)51)45-32-15-14-24(20-34(32)53-2)36(50)48-18-16-25(17-19-48)44-39(52)54-22-31-29-12-5-3-10-27(29)28-11-4-6-13-30(28)31/h3-15,20-21,25,31H,16-19,22-23H2,1-2H3,(H,44,52)(H,43,45,46). The van der Waals surface area contributed by atoms with Crippen LogP contribution in [0.25, 0.3) is 11.1 Å². The highest BCUT2D eigenvalue weighted by atomic mass is 19.3. The number of alkyl halides is 2. The summed E-state index contributed by atoms with van der Waals surface area (Å²) in [5.41, 5.74) is 6.09. The maximum absolute atomic E-state index is 14.8. The number of rotatable bonds is 8. The number of nitrogens with one attached hydrogen (secondary N) is 2. The Morgan fingerprint density at radius 2 is 1.69 bits per heavy atom. The average molecular weight is 734 g/mol. The van der Waals surface area contributed by atoms with Gasteiger partial charge in [-0.2, -0.15) is 13.8 Å². The van der Waals surface area contributed by atoms with Gasteiger partial charge in [-0.15, -0.1) is 0 Å². The Kier molecular flexibility index (Phi) is 8.96. The maximum Gasteiger partial charge on any atom is 0.407 e. The molecule has 276 valence electrons. The van der Waals surface area contributed by atoms with Gasteiger partial charge in [0.25, 0.3) is 11.8 Å². The monoisotopic (exact) mass is 733 g/mol. The fourth-order valence-electron chi connectivity index (χ4n) is 7.40. The quantitative estimate of drug-likeness (QED) is 0.216. The van der Waals surface area contributed by atoms with Crippen LogP contribution < -0.4 is 25.2 Å². The Hall–Kier alpha value is -6.31. The van der Waals surface area contributed by atoms with Crippen molar-refractivity contribution in [2.45, 2.75) is 30.7 Å². The van der Waals surface area contributed by atoms with Gasteiger partial charge in [-0.1, -0.05) is 54.6 Å². The van der Waals surface area contributed by atoms with E-state index in [1.807, 2.05) is 24.3 Å². The van der Waals surface area contributed by atoms with Gasteiger partial charge >= 0.3 is 12.0 Å². The number of methoxy groups -OCH3 is 1. The fraction of sp³-hybridized carbons (Fsp3) is 0.275. The molecule has 1 fully saturated rings. The summed E-state index contributed by atoms with van der Waals surface area (Å²) in [6.45, 7) is 0.236.